The molecule has 6 heteroatoms. The Morgan fingerprint density at radius 1 is 1.23 bits per heavy atom. The Kier molecular flexibility index (Phi) is 4.76. The van der Waals surface area contributed by atoms with Crippen LogP contribution in [0.4, 0.5) is 0 Å². The number of aromatic nitrogens is 1. The van der Waals surface area contributed by atoms with E-state index in [0.717, 1.165) is 29.1 Å². The molecule has 2 aromatic rings. The smallest absolute Gasteiger partial charge is 0.330 e. The highest BCUT2D eigenvalue weighted by Gasteiger charge is 2.26. The molecule has 138 valence electrons. The normalized spacial score (nSPS) is 14.0. The van der Waals surface area contributed by atoms with Crippen molar-refractivity contribution in [2.24, 2.45) is 0 Å². The summed E-state index contributed by atoms with van der Waals surface area (Å²) in [6.07, 6.45) is 0.749. The van der Waals surface area contributed by atoms with E-state index in [1.165, 1.54) is 0 Å². The van der Waals surface area contributed by atoms with Crippen LogP contribution >= 0.6 is 0 Å². The second kappa shape index (κ2) is 6.86. The molecule has 0 spiro atoms. The third kappa shape index (κ3) is 3.19. The van der Waals surface area contributed by atoms with Crippen LogP contribution in [0, 0.1) is 13.8 Å². The summed E-state index contributed by atoms with van der Waals surface area (Å²) in [5.41, 5.74) is 3.84. The Labute approximate surface area is 152 Å². The number of aliphatic carboxylic acids is 1. The van der Waals surface area contributed by atoms with Crippen molar-refractivity contribution in [3.63, 3.8) is 0 Å². The van der Waals surface area contributed by atoms with Gasteiger partial charge < -0.3 is 19.7 Å². The average molecular weight is 356 g/mol. The van der Waals surface area contributed by atoms with Gasteiger partial charge in [0.15, 0.2) is 6.04 Å². The van der Waals surface area contributed by atoms with Gasteiger partial charge in [0, 0.05) is 23.9 Å². The quantitative estimate of drug-likeness (QED) is 0.862. The highest BCUT2D eigenvalue weighted by Crippen LogP contribution is 2.29. The van der Waals surface area contributed by atoms with Crippen molar-refractivity contribution in [2.75, 3.05) is 6.61 Å². The molecular formula is C20H24N2O4. The highest BCUT2D eigenvalue weighted by molar-refractivity contribution is 5.98. The number of carboxylic acids is 1. The van der Waals surface area contributed by atoms with Crippen LogP contribution in [0.15, 0.2) is 24.3 Å². The minimum Gasteiger partial charge on any atom is -0.493 e. The fourth-order valence-electron chi connectivity index (χ4n) is 3.68. The van der Waals surface area contributed by atoms with E-state index in [2.05, 4.69) is 9.88 Å². The van der Waals surface area contributed by atoms with Gasteiger partial charge in [0.2, 0.25) is 0 Å². The number of benzene rings is 1. The largest absolute Gasteiger partial charge is 0.493 e. The number of carbonyl (C=O) groups is 2. The average Bonchev–Trinajstić information content (AvgIpc) is 3.15. The van der Waals surface area contributed by atoms with Gasteiger partial charge in [-0.15, -0.1) is 0 Å². The molecule has 0 bridgehead atoms. The molecular weight excluding hydrogens is 332 g/mol. The number of aryl methyl sites for hydroxylation is 1. The predicted molar refractivity (Wildman–Crippen MR) is 97.8 cm³/mol. The topological polar surface area (TPSA) is 80.6 Å². The molecule has 1 aliphatic rings. The van der Waals surface area contributed by atoms with E-state index in [9.17, 15) is 14.7 Å². The molecule has 0 saturated heterocycles. The monoisotopic (exact) mass is 356 g/mol. The number of rotatable bonds is 5. The first kappa shape index (κ1) is 18.0. The molecule has 0 aliphatic carbocycles. The van der Waals surface area contributed by atoms with E-state index in [1.54, 1.807) is 24.3 Å². The van der Waals surface area contributed by atoms with Gasteiger partial charge in [0.1, 0.15) is 5.75 Å². The zero-order valence-electron chi connectivity index (χ0n) is 15.5. The minimum atomic E-state index is -1.10. The third-order valence-corrected chi connectivity index (χ3v) is 4.81. The van der Waals surface area contributed by atoms with Gasteiger partial charge in [-0.3, -0.25) is 4.79 Å². The minimum absolute atomic E-state index is 0.225. The maximum atomic E-state index is 12.8. The molecule has 0 radical (unpaired) electrons. The number of hydrogen-bond acceptors (Lipinski definition) is 3. The third-order valence-electron chi connectivity index (χ3n) is 4.81. The number of carbonyl (C=O) groups excluding carboxylic acids is 1. The zero-order chi connectivity index (χ0) is 19.0. The van der Waals surface area contributed by atoms with Crippen LogP contribution in [-0.2, 0) is 11.2 Å². The van der Waals surface area contributed by atoms with E-state index in [0.29, 0.717) is 17.7 Å². The standard InChI is InChI=1S/C20H24N2O4/c1-11(2)22-12(3)9-16(13(22)4)19(23)21-18(20(24)25)15-5-6-17-14(10-15)7-8-26-17/h5-6,9-11,18H,7-8H2,1-4H3,(H,21,23)(H,24,25). The van der Waals surface area contributed by atoms with Crippen molar-refractivity contribution < 1.29 is 19.4 Å². The van der Waals surface area contributed by atoms with E-state index >= 15 is 0 Å². The van der Waals surface area contributed by atoms with Crippen LogP contribution in [0.5, 0.6) is 5.75 Å². The molecule has 0 saturated carbocycles. The molecule has 0 fully saturated rings. The highest BCUT2D eigenvalue weighted by atomic mass is 16.5. The lowest BCUT2D eigenvalue weighted by atomic mass is 10.0. The first-order valence-corrected chi connectivity index (χ1v) is 8.77. The molecule has 1 unspecified atom stereocenters. The van der Waals surface area contributed by atoms with Gasteiger partial charge in [0.05, 0.1) is 12.2 Å². The van der Waals surface area contributed by atoms with Crippen LogP contribution in [0.3, 0.4) is 0 Å². The Balaban J connectivity index is 1.88. The number of ether oxygens (including phenoxy) is 1. The lowest BCUT2D eigenvalue weighted by Crippen LogP contribution is -2.34. The van der Waals surface area contributed by atoms with Crippen molar-refractivity contribution >= 4 is 11.9 Å². The van der Waals surface area contributed by atoms with E-state index in [1.807, 2.05) is 27.7 Å². The summed E-state index contributed by atoms with van der Waals surface area (Å²) in [7, 11) is 0. The second-order valence-corrected chi connectivity index (χ2v) is 6.96. The van der Waals surface area contributed by atoms with Crippen molar-refractivity contribution in [3.05, 3.63) is 52.3 Å². The zero-order valence-corrected chi connectivity index (χ0v) is 15.5. The maximum Gasteiger partial charge on any atom is 0.330 e. The van der Waals surface area contributed by atoms with Crippen LogP contribution in [-0.4, -0.2) is 28.2 Å². The number of fused-ring (bicyclic) bond motifs is 1. The van der Waals surface area contributed by atoms with Crippen molar-refractivity contribution in [3.8, 4) is 5.75 Å². The molecule has 1 amide bonds. The first-order chi connectivity index (χ1) is 12.3. The molecule has 26 heavy (non-hydrogen) atoms. The Morgan fingerprint density at radius 2 is 1.96 bits per heavy atom. The van der Waals surface area contributed by atoms with Crippen LogP contribution in [0.25, 0.3) is 0 Å². The SMILES string of the molecule is Cc1cc(C(=O)NC(C(=O)O)c2ccc3c(c2)CCO3)c(C)n1C(C)C. The van der Waals surface area contributed by atoms with Gasteiger partial charge >= 0.3 is 5.97 Å². The maximum absolute atomic E-state index is 12.8. The summed E-state index contributed by atoms with van der Waals surface area (Å²) >= 11 is 0. The number of nitrogens with zero attached hydrogens (tertiary/aromatic N) is 1. The number of nitrogens with one attached hydrogen (secondary N) is 1. The number of amides is 1. The fraction of sp³-hybridized carbons (Fsp3) is 0.400. The van der Waals surface area contributed by atoms with Crippen molar-refractivity contribution in [1.82, 2.24) is 9.88 Å². The molecule has 1 aliphatic heterocycles. The number of carboxylic acid groups (broad SMARTS) is 1. The van der Waals surface area contributed by atoms with Crippen molar-refractivity contribution in [1.29, 1.82) is 0 Å². The summed E-state index contributed by atoms with van der Waals surface area (Å²) in [6, 6.07) is 6.20. The summed E-state index contributed by atoms with van der Waals surface area (Å²) < 4.78 is 7.53. The van der Waals surface area contributed by atoms with Gasteiger partial charge in [-0.05, 0) is 57.0 Å². The molecule has 3 rings (SSSR count). The Hall–Kier alpha value is -2.76. The fourth-order valence-corrected chi connectivity index (χ4v) is 3.68. The summed E-state index contributed by atoms with van der Waals surface area (Å²) in [5, 5.41) is 12.3. The van der Waals surface area contributed by atoms with E-state index in [4.69, 9.17) is 4.74 Å². The Morgan fingerprint density at radius 3 is 2.58 bits per heavy atom. The molecule has 2 N–H and O–H groups in total. The lowest BCUT2D eigenvalue weighted by molar-refractivity contribution is -0.139. The molecule has 1 aromatic carbocycles. The molecule has 1 atom stereocenters. The van der Waals surface area contributed by atoms with Crippen LogP contribution < -0.4 is 10.1 Å². The predicted octanol–water partition coefficient (Wildman–Crippen LogP) is 3.18. The van der Waals surface area contributed by atoms with Crippen LogP contribution in [0.2, 0.25) is 0 Å². The number of hydrogen-bond donors (Lipinski definition) is 2. The first-order valence-electron chi connectivity index (χ1n) is 8.77. The van der Waals surface area contributed by atoms with Gasteiger partial charge in [-0.25, -0.2) is 4.79 Å². The van der Waals surface area contributed by atoms with Gasteiger partial charge in [-0.2, -0.15) is 0 Å². The second-order valence-electron chi connectivity index (χ2n) is 6.96. The van der Waals surface area contributed by atoms with Gasteiger partial charge in [0.25, 0.3) is 5.91 Å². The molecule has 2 heterocycles. The van der Waals surface area contributed by atoms with Crippen molar-refractivity contribution in [2.45, 2.75) is 46.2 Å². The Bertz CT molecular complexity index is 867. The summed E-state index contributed by atoms with van der Waals surface area (Å²) in [6.45, 7) is 8.52. The molecule has 1 aromatic heterocycles. The lowest BCUT2D eigenvalue weighted by Gasteiger charge is -2.17. The summed E-state index contributed by atoms with van der Waals surface area (Å²) in [4.78, 5) is 24.5. The molecule has 6 nitrogen and oxygen atoms in total. The summed E-state index contributed by atoms with van der Waals surface area (Å²) in [5.74, 6) is -0.686. The van der Waals surface area contributed by atoms with E-state index in [-0.39, 0.29) is 11.9 Å². The van der Waals surface area contributed by atoms with E-state index < -0.39 is 12.0 Å². The van der Waals surface area contributed by atoms with Gasteiger partial charge in [-0.1, -0.05) is 6.07 Å². The van der Waals surface area contributed by atoms with Crippen LogP contribution in [0.1, 0.15) is 58.8 Å².